The SMILES string of the molecule is C=Cc1c(C)c2cc3nc(cc4[nH]c(cc5nc(cc1[nH]2)C(C)=C5CCC(=O)OC)c(CCC(=O)OC)c4C)C1(C)C3=CCC(C(=O)OCC)=C1C(=O)OCC. The molecule has 0 spiro atoms. The summed E-state index contributed by atoms with van der Waals surface area (Å²) in [6, 6.07) is 7.77. The predicted octanol–water partition coefficient (Wildman–Crippen LogP) is 7.73. The molecule has 5 heterocycles. The van der Waals surface area contributed by atoms with Gasteiger partial charge < -0.3 is 28.9 Å². The number of nitrogens with zero attached hydrogens (tertiary/aromatic N) is 2. The summed E-state index contributed by atoms with van der Waals surface area (Å²) in [6.45, 7) is 15.6. The number of methoxy groups -OCH3 is 2. The summed E-state index contributed by atoms with van der Waals surface area (Å²) < 4.78 is 21.1. The highest BCUT2D eigenvalue weighted by atomic mass is 16.5. The van der Waals surface area contributed by atoms with Crippen LogP contribution in [0.1, 0.15) is 98.4 Å². The molecule has 0 fully saturated rings. The largest absolute Gasteiger partial charge is 0.469 e. The summed E-state index contributed by atoms with van der Waals surface area (Å²) in [5.74, 6) is -1.90. The van der Waals surface area contributed by atoms with Crippen molar-refractivity contribution in [1.82, 2.24) is 19.9 Å². The van der Waals surface area contributed by atoms with Crippen molar-refractivity contribution in [1.29, 1.82) is 0 Å². The number of aromatic nitrogens is 4. The third-order valence-corrected chi connectivity index (χ3v) is 11.0. The number of aryl methyl sites for hydroxylation is 3. The average molecular weight is 761 g/mol. The molecular formula is C44H48N4O8. The third kappa shape index (κ3) is 7.00. The highest BCUT2D eigenvalue weighted by Gasteiger charge is 2.49. The zero-order valence-corrected chi connectivity index (χ0v) is 33.3. The summed E-state index contributed by atoms with van der Waals surface area (Å²) in [5, 5.41) is 0. The first-order valence-electron chi connectivity index (χ1n) is 18.8. The monoisotopic (exact) mass is 760 g/mol. The number of ether oxygens (including phenoxy) is 4. The molecule has 12 nitrogen and oxygen atoms in total. The van der Waals surface area contributed by atoms with Gasteiger partial charge in [-0.2, -0.15) is 0 Å². The Balaban J connectivity index is 1.76. The first-order chi connectivity index (χ1) is 26.8. The van der Waals surface area contributed by atoms with Crippen molar-refractivity contribution in [3.8, 4) is 0 Å². The summed E-state index contributed by atoms with van der Waals surface area (Å²) in [6.07, 6.45) is 4.94. The fourth-order valence-corrected chi connectivity index (χ4v) is 7.95. The van der Waals surface area contributed by atoms with Gasteiger partial charge in [-0.15, -0.1) is 0 Å². The second-order valence-corrected chi connectivity index (χ2v) is 14.1. The number of H-pyrrole nitrogens is 2. The Bertz CT molecular complexity index is 2440. The minimum absolute atomic E-state index is 0.106. The lowest BCUT2D eigenvalue weighted by Crippen LogP contribution is -2.34. The summed E-state index contributed by atoms with van der Waals surface area (Å²) in [5.41, 5.74) is 10.7. The van der Waals surface area contributed by atoms with Crippen molar-refractivity contribution < 1.29 is 38.1 Å². The zero-order chi connectivity index (χ0) is 40.5. The Morgan fingerprint density at radius 1 is 0.786 bits per heavy atom. The number of hydrogen-bond acceptors (Lipinski definition) is 10. The Kier molecular flexibility index (Phi) is 11.3. The molecule has 0 radical (unpaired) electrons. The molecule has 12 heteroatoms. The highest BCUT2D eigenvalue weighted by Crippen LogP contribution is 2.52. The van der Waals surface area contributed by atoms with Gasteiger partial charge in [0.2, 0.25) is 0 Å². The third-order valence-electron chi connectivity index (χ3n) is 11.0. The van der Waals surface area contributed by atoms with Crippen LogP contribution in [0.25, 0.3) is 44.9 Å². The van der Waals surface area contributed by atoms with Crippen LogP contribution in [-0.4, -0.2) is 71.2 Å². The number of fused-ring (bicyclic) bond motifs is 11. The zero-order valence-electron chi connectivity index (χ0n) is 33.3. The molecule has 3 aromatic rings. The van der Waals surface area contributed by atoms with Crippen molar-refractivity contribution in [2.45, 2.75) is 79.1 Å². The van der Waals surface area contributed by atoms with Gasteiger partial charge in [0.05, 0.1) is 66.8 Å². The molecule has 292 valence electrons. The van der Waals surface area contributed by atoms with Crippen LogP contribution in [0.15, 0.2) is 48.1 Å². The van der Waals surface area contributed by atoms with Gasteiger partial charge in [0.15, 0.2) is 0 Å². The van der Waals surface area contributed by atoms with Gasteiger partial charge in [-0.1, -0.05) is 18.7 Å². The smallest absolute Gasteiger partial charge is 0.335 e. The van der Waals surface area contributed by atoms with Crippen molar-refractivity contribution in [2.24, 2.45) is 0 Å². The van der Waals surface area contributed by atoms with E-state index in [0.29, 0.717) is 41.0 Å². The van der Waals surface area contributed by atoms with Crippen molar-refractivity contribution >= 4 is 68.7 Å². The minimum atomic E-state index is -1.21. The fraction of sp³-hybridized carbons (Fsp3) is 0.364. The number of carbonyl (C=O) groups excluding carboxylic acids is 4. The topological polar surface area (TPSA) is 163 Å². The van der Waals surface area contributed by atoms with Crippen LogP contribution in [0, 0.1) is 13.8 Å². The molecule has 0 saturated carbocycles. The lowest BCUT2D eigenvalue weighted by atomic mass is 9.68. The van der Waals surface area contributed by atoms with Crippen LogP contribution in [0.3, 0.4) is 0 Å². The molecule has 2 aliphatic heterocycles. The average Bonchev–Trinajstić information content (AvgIpc) is 3.83. The Morgan fingerprint density at radius 3 is 2.05 bits per heavy atom. The summed E-state index contributed by atoms with van der Waals surface area (Å²) >= 11 is 0. The summed E-state index contributed by atoms with van der Waals surface area (Å²) in [4.78, 5) is 69.8. The normalized spacial score (nSPS) is 16.2. The van der Waals surface area contributed by atoms with E-state index in [0.717, 1.165) is 55.7 Å². The number of carbonyl (C=O) groups is 4. The Labute approximate surface area is 325 Å². The molecule has 1 atom stereocenters. The van der Waals surface area contributed by atoms with E-state index in [9.17, 15) is 19.2 Å². The van der Waals surface area contributed by atoms with Gasteiger partial charge in [0.1, 0.15) is 0 Å². The number of aromatic amines is 2. The fourth-order valence-electron chi connectivity index (χ4n) is 7.95. The number of allylic oxidation sites excluding steroid dienone is 4. The van der Waals surface area contributed by atoms with Crippen molar-refractivity contribution in [3.05, 3.63) is 93.1 Å². The lowest BCUT2D eigenvalue weighted by molar-refractivity contribution is -0.142. The van der Waals surface area contributed by atoms with E-state index < -0.39 is 17.4 Å². The van der Waals surface area contributed by atoms with Crippen LogP contribution in [0.5, 0.6) is 0 Å². The second kappa shape index (κ2) is 16.0. The van der Waals surface area contributed by atoms with Crippen LogP contribution < -0.4 is 0 Å². The molecule has 1 unspecified atom stereocenters. The maximum atomic E-state index is 14.0. The maximum Gasteiger partial charge on any atom is 0.335 e. The molecule has 2 N–H and O–H groups in total. The molecule has 0 amide bonds. The molecule has 6 rings (SSSR count). The van der Waals surface area contributed by atoms with Crippen LogP contribution >= 0.6 is 0 Å². The number of rotatable bonds is 11. The van der Waals surface area contributed by atoms with Gasteiger partial charge in [-0.25, -0.2) is 14.6 Å². The van der Waals surface area contributed by atoms with E-state index in [-0.39, 0.29) is 55.6 Å². The Hall–Kier alpha value is -6.04. The molecule has 1 aliphatic carbocycles. The lowest BCUT2D eigenvalue weighted by Gasteiger charge is -2.33. The highest BCUT2D eigenvalue weighted by molar-refractivity contribution is 6.08. The maximum absolute atomic E-state index is 14.0. The van der Waals surface area contributed by atoms with Gasteiger partial charge in [-0.3, -0.25) is 14.6 Å². The van der Waals surface area contributed by atoms with Gasteiger partial charge in [0, 0.05) is 40.5 Å². The van der Waals surface area contributed by atoms with E-state index in [4.69, 9.17) is 28.9 Å². The molecule has 0 aromatic carbocycles. The molecule has 56 heavy (non-hydrogen) atoms. The van der Waals surface area contributed by atoms with Crippen LogP contribution in [0.4, 0.5) is 0 Å². The first kappa shape index (κ1) is 39.6. The molecular weight excluding hydrogens is 713 g/mol. The standard InChI is InChI=1S/C44H48N4O8/c1-10-26-23(4)32-20-37-30-16-13-29(42(51)55-11-2)41(43(52)56-12-3)44(30,7)38(48-37)22-33-25(6)28(15-18-40(50)54-9)36(47-33)21-35-27(14-17-39(49)53-8)24(5)31(46-35)19-34(26)45-32/h10,16,19-22,45,47H,1,11-15,17-18H2,2-9H3. The van der Waals surface area contributed by atoms with E-state index in [1.165, 1.54) is 14.2 Å². The predicted molar refractivity (Wildman–Crippen MR) is 215 cm³/mol. The van der Waals surface area contributed by atoms with E-state index in [1.807, 2.05) is 58.0 Å². The Morgan fingerprint density at radius 2 is 1.39 bits per heavy atom. The number of nitrogens with one attached hydrogen (secondary N) is 2. The molecule has 0 saturated heterocycles. The van der Waals surface area contributed by atoms with E-state index >= 15 is 0 Å². The van der Waals surface area contributed by atoms with Gasteiger partial charge in [-0.05, 0) is 118 Å². The number of esters is 4. The minimum Gasteiger partial charge on any atom is -0.469 e. The van der Waals surface area contributed by atoms with E-state index in [2.05, 4.69) is 16.5 Å². The van der Waals surface area contributed by atoms with Crippen molar-refractivity contribution in [3.63, 3.8) is 0 Å². The molecule has 8 bridgehead atoms. The molecule has 3 aromatic heterocycles. The van der Waals surface area contributed by atoms with Crippen LogP contribution in [-0.2, 0) is 50.0 Å². The first-order valence-corrected chi connectivity index (χ1v) is 18.8. The van der Waals surface area contributed by atoms with Crippen molar-refractivity contribution in [2.75, 3.05) is 27.4 Å². The second-order valence-electron chi connectivity index (χ2n) is 14.1. The molecule has 3 aliphatic rings. The number of hydrogen-bond donors (Lipinski definition) is 2. The van der Waals surface area contributed by atoms with Crippen LogP contribution in [0.2, 0.25) is 0 Å². The van der Waals surface area contributed by atoms with Gasteiger partial charge in [0.25, 0.3) is 0 Å². The quantitative estimate of drug-likeness (QED) is 0.146. The van der Waals surface area contributed by atoms with Gasteiger partial charge >= 0.3 is 23.9 Å². The van der Waals surface area contributed by atoms with E-state index in [1.54, 1.807) is 19.9 Å². The summed E-state index contributed by atoms with van der Waals surface area (Å²) in [7, 11) is 2.73.